The van der Waals surface area contributed by atoms with Crippen molar-refractivity contribution in [1.29, 1.82) is 0 Å². The third kappa shape index (κ3) is 2.43. The summed E-state index contributed by atoms with van der Waals surface area (Å²) in [5, 5.41) is 4.62. The van der Waals surface area contributed by atoms with Gasteiger partial charge in [0, 0.05) is 0 Å². The average Bonchev–Trinajstić information content (AvgIpc) is 2.77. The van der Waals surface area contributed by atoms with Gasteiger partial charge in [0.1, 0.15) is 5.15 Å². The second kappa shape index (κ2) is 4.59. The Morgan fingerprint density at radius 1 is 1.47 bits per heavy atom. The average molecular weight is 305 g/mol. The van der Waals surface area contributed by atoms with E-state index in [2.05, 4.69) is 5.10 Å². The molecule has 0 aliphatic carbocycles. The molecule has 0 spiro atoms. The molecule has 0 aromatic carbocycles. The minimum atomic E-state index is -3.06. The molecule has 106 valence electrons. The molecule has 0 N–H and O–H groups in total. The quantitative estimate of drug-likeness (QED) is 0.801. The van der Waals surface area contributed by atoms with E-state index in [-0.39, 0.29) is 22.6 Å². The molecule has 0 bridgehead atoms. The lowest BCUT2D eigenvalue weighted by Crippen LogP contribution is -2.32. The van der Waals surface area contributed by atoms with Gasteiger partial charge in [-0.3, -0.25) is 4.79 Å². The number of aldehydes is 1. The van der Waals surface area contributed by atoms with Gasteiger partial charge in [0.05, 0.1) is 28.3 Å². The number of carbonyl (C=O) groups is 1. The summed E-state index contributed by atoms with van der Waals surface area (Å²) in [5.41, 5.74) is 0.314. The molecule has 1 aromatic rings. The maximum Gasteiger partial charge on any atom is 0.155 e. The summed E-state index contributed by atoms with van der Waals surface area (Å²) in [4.78, 5) is 11.2. The molecule has 0 radical (unpaired) electrons. The minimum absolute atomic E-state index is 0.0111. The Morgan fingerprint density at radius 2 is 2.11 bits per heavy atom. The number of hydrogen-bond donors (Lipinski definition) is 0. The molecule has 7 heteroatoms. The third-order valence-electron chi connectivity index (χ3n) is 3.55. The first-order valence-corrected chi connectivity index (χ1v) is 8.34. The standard InChI is InChI=1S/C12H17ClN2O3S/c1-8(2)10-9(6-16)11(13)15(14-10)12(3)4-5-19(17,18)7-12/h6,8H,4-5,7H2,1-3H3. The van der Waals surface area contributed by atoms with Gasteiger partial charge in [-0.05, 0) is 19.3 Å². The van der Waals surface area contributed by atoms with E-state index in [0.717, 1.165) is 0 Å². The van der Waals surface area contributed by atoms with Gasteiger partial charge in [0.2, 0.25) is 0 Å². The molecule has 0 amide bonds. The first kappa shape index (κ1) is 14.5. The van der Waals surface area contributed by atoms with Crippen LogP contribution in [-0.4, -0.2) is 36.0 Å². The molecule has 1 aliphatic rings. The zero-order valence-electron chi connectivity index (χ0n) is 11.2. The molecule has 2 rings (SSSR count). The largest absolute Gasteiger partial charge is 0.298 e. The second-order valence-electron chi connectivity index (χ2n) is 5.61. The van der Waals surface area contributed by atoms with Crippen molar-refractivity contribution < 1.29 is 13.2 Å². The van der Waals surface area contributed by atoms with E-state index >= 15 is 0 Å². The van der Waals surface area contributed by atoms with Gasteiger partial charge in [0.15, 0.2) is 16.1 Å². The van der Waals surface area contributed by atoms with Crippen LogP contribution < -0.4 is 0 Å². The van der Waals surface area contributed by atoms with E-state index in [1.165, 1.54) is 4.68 Å². The Bertz CT molecular complexity index is 621. The van der Waals surface area contributed by atoms with Crippen LogP contribution in [0, 0.1) is 0 Å². The number of nitrogens with zero attached hydrogens (tertiary/aromatic N) is 2. The SMILES string of the molecule is CC(C)c1nn(C2(C)CCS(=O)(=O)C2)c(Cl)c1C=O. The van der Waals surface area contributed by atoms with E-state index in [9.17, 15) is 13.2 Å². The van der Waals surface area contributed by atoms with Crippen molar-refractivity contribution >= 4 is 27.7 Å². The number of rotatable bonds is 3. The van der Waals surface area contributed by atoms with Crippen molar-refractivity contribution in [1.82, 2.24) is 9.78 Å². The Morgan fingerprint density at radius 3 is 2.47 bits per heavy atom. The highest BCUT2D eigenvalue weighted by Gasteiger charge is 2.42. The predicted octanol–water partition coefficient (Wildman–Crippen LogP) is 2.01. The lowest BCUT2D eigenvalue weighted by atomic mass is 10.0. The molecule has 1 aromatic heterocycles. The fourth-order valence-corrected chi connectivity index (χ4v) is 4.97. The highest BCUT2D eigenvalue weighted by Crippen LogP contribution is 2.35. The van der Waals surface area contributed by atoms with Crippen LogP contribution in [0.2, 0.25) is 5.15 Å². The molecule has 1 saturated heterocycles. The van der Waals surface area contributed by atoms with Gasteiger partial charge in [0.25, 0.3) is 0 Å². The summed E-state index contributed by atoms with van der Waals surface area (Å²) in [7, 11) is -3.06. The Hall–Kier alpha value is -0.880. The molecule has 2 heterocycles. The molecule has 1 unspecified atom stereocenters. The van der Waals surface area contributed by atoms with E-state index in [1.807, 2.05) is 20.8 Å². The lowest BCUT2D eigenvalue weighted by molar-refractivity contribution is 0.112. The molecular weight excluding hydrogens is 288 g/mol. The molecule has 5 nitrogen and oxygen atoms in total. The highest BCUT2D eigenvalue weighted by atomic mass is 35.5. The van der Waals surface area contributed by atoms with E-state index < -0.39 is 15.4 Å². The summed E-state index contributed by atoms with van der Waals surface area (Å²) in [6, 6.07) is 0. The van der Waals surface area contributed by atoms with Crippen molar-refractivity contribution in [3.63, 3.8) is 0 Å². The van der Waals surface area contributed by atoms with Crippen molar-refractivity contribution in [2.75, 3.05) is 11.5 Å². The van der Waals surface area contributed by atoms with Crippen LogP contribution in [0.4, 0.5) is 0 Å². The van der Waals surface area contributed by atoms with E-state index in [0.29, 0.717) is 24.0 Å². The Balaban J connectivity index is 2.55. The molecule has 0 saturated carbocycles. The van der Waals surface area contributed by atoms with E-state index in [4.69, 9.17) is 11.6 Å². The summed E-state index contributed by atoms with van der Waals surface area (Å²) in [6.45, 7) is 5.66. The van der Waals surface area contributed by atoms with Gasteiger partial charge in [-0.2, -0.15) is 5.10 Å². The number of halogens is 1. The fourth-order valence-electron chi connectivity index (χ4n) is 2.48. The summed E-state index contributed by atoms with van der Waals surface area (Å²) in [6.07, 6.45) is 1.15. The molecular formula is C12H17ClN2O3S. The smallest absolute Gasteiger partial charge is 0.155 e. The fraction of sp³-hybridized carbons (Fsp3) is 0.667. The van der Waals surface area contributed by atoms with Crippen LogP contribution in [0.15, 0.2) is 0 Å². The zero-order chi connectivity index (χ0) is 14.4. The van der Waals surface area contributed by atoms with Gasteiger partial charge in [-0.15, -0.1) is 0 Å². The zero-order valence-corrected chi connectivity index (χ0v) is 12.8. The minimum Gasteiger partial charge on any atom is -0.298 e. The van der Waals surface area contributed by atoms with Gasteiger partial charge >= 0.3 is 0 Å². The number of aromatic nitrogens is 2. The monoisotopic (exact) mass is 304 g/mol. The van der Waals surface area contributed by atoms with Gasteiger partial charge in [-0.1, -0.05) is 25.4 Å². The summed E-state index contributed by atoms with van der Waals surface area (Å²) in [5.74, 6) is 0.199. The lowest BCUT2D eigenvalue weighted by Gasteiger charge is -2.23. The summed E-state index contributed by atoms with van der Waals surface area (Å²) < 4.78 is 24.9. The van der Waals surface area contributed by atoms with Crippen molar-refractivity contribution in [3.05, 3.63) is 16.4 Å². The van der Waals surface area contributed by atoms with Crippen LogP contribution in [0.1, 0.15) is 49.2 Å². The van der Waals surface area contributed by atoms with Crippen LogP contribution in [0.5, 0.6) is 0 Å². The topological polar surface area (TPSA) is 69.0 Å². The first-order chi connectivity index (χ1) is 8.70. The third-order valence-corrected chi connectivity index (χ3v) is 5.80. The molecule has 19 heavy (non-hydrogen) atoms. The highest BCUT2D eigenvalue weighted by molar-refractivity contribution is 7.91. The van der Waals surface area contributed by atoms with Crippen LogP contribution in [0.3, 0.4) is 0 Å². The van der Waals surface area contributed by atoms with Crippen molar-refractivity contribution in [2.45, 2.75) is 38.6 Å². The van der Waals surface area contributed by atoms with Gasteiger partial charge in [-0.25, -0.2) is 13.1 Å². The first-order valence-electron chi connectivity index (χ1n) is 6.15. The van der Waals surface area contributed by atoms with E-state index in [1.54, 1.807) is 0 Å². The van der Waals surface area contributed by atoms with Gasteiger partial charge < -0.3 is 0 Å². The maximum absolute atomic E-state index is 11.7. The number of hydrogen-bond acceptors (Lipinski definition) is 4. The van der Waals surface area contributed by atoms with Crippen LogP contribution in [-0.2, 0) is 15.4 Å². The van der Waals surface area contributed by atoms with Crippen LogP contribution in [0.25, 0.3) is 0 Å². The maximum atomic E-state index is 11.7. The second-order valence-corrected chi connectivity index (χ2v) is 8.16. The number of carbonyl (C=O) groups excluding carboxylic acids is 1. The van der Waals surface area contributed by atoms with Crippen molar-refractivity contribution in [2.24, 2.45) is 0 Å². The Kier molecular flexibility index (Phi) is 3.51. The van der Waals surface area contributed by atoms with Crippen molar-refractivity contribution in [3.8, 4) is 0 Å². The predicted molar refractivity (Wildman–Crippen MR) is 73.6 cm³/mol. The molecule has 1 fully saturated rings. The Labute approximate surface area is 117 Å². The normalized spacial score (nSPS) is 25.9. The molecule has 1 aliphatic heterocycles. The van der Waals surface area contributed by atoms with Crippen LogP contribution >= 0.6 is 11.6 Å². The molecule has 1 atom stereocenters. The number of sulfone groups is 1. The summed E-state index contributed by atoms with van der Waals surface area (Å²) >= 11 is 6.21.